The van der Waals surface area contributed by atoms with Crippen LogP contribution in [0, 0.1) is 5.41 Å². The van der Waals surface area contributed by atoms with Crippen LogP contribution in [0.15, 0.2) is 12.3 Å². The Morgan fingerprint density at radius 1 is 1.39 bits per heavy atom. The number of hydrogen-bond acceptors (Lipinski definition) is 2. The number of hydrogen-bond donors (Lipinski definition) is 1. The SMILES string of the molecule is CCCNCC(C)(C)Cc1ccn(C(C)CC)n1. The monoisotopic (exact) mass is 251 g/mol. The number of aromatic nitrogens is 2. The zero-order valence-corrected chi connectivity index (χ0v) is 12.7. The molecular formula is C15H29N3. The molecule has 0 radical (unpaired) electrons. The fourth-order valence-electron chi connectivity index (χ4n) is 2.06. The molecule has 104 valence electrons. The van der Waals surface area contributed by atoms with Gasteiger partial charge in [0.2, 0.25) is 0 Å². The summed E-state index contributed by atoms with van der Waals surface area (Å²) in [6, 6.07) is 2.66. The van der Waals surface area contributed by atoms with Gasteiger partial charge >= 0.3 is 0 Å². The highest BCUT2D eigenvalue weighted by molar-refractivity contribution is 5.03. The fraction of sp³-hybridized carbons (Fsp3) is 0.800. The van der Waals surface area contributed by atoms with E-state index in [4.69, 9.17) is 0 Å². The van der Waals surface area contributed by atoms with E-state index in [0.29, 0.717) is 6.04 Å². The van der Waals surface area contributed by atoms with Crippen molar-refractivity contribution in [3.05, 3.63) is 18.0 Å². The molecule has 1 heterocycles. The summed E-state index contributed by atoms with van der Waals surface area (Å²) in [4.78, 5) is 0. The molecule has 18 heavy (non-hydrogen) atoms. The van der Waals surface area contributed by atoms with E-state index in [1.807, 2.05) is 0 Å². The van der Waals surface area contributed by atoms with E-state index in [-0.39, 0.29) is 5.41 Å². The number of nitrogens with zero attached hydrogens (tertiary/aromatic N) is 2. The Labute approximate surface area is 112 Å². The fourth-order valence-corrected chi connectivity index (χ4v) is 2.06. The van der Waals surface area contributed by atoms with Crippen LogP contribution in [0.5, 0.6) is 0 Å². The maximum atomic E-state index is 4.68. The summed E-state index contributed by atoms with van der Waals surface area (Å²) in [7, 11) is 0. The molecule has 0 aromatic carbocycles. The van der Waals surface area contributed by atoms with Crippen LogP contribution in [0.3, 0.4) is 0 Å². The molecule has 0 saturated carbocycles. The Balaban J connectivity index is 2.52. The van der Waals surface area contributed by atoms with Gasteiger partial charge < -0.3 is 5.32 Å². The summed E-state index contributed by atoms with van der Waals surface area (Å²) in [6.07, 6.45) is 5.47. The van der Waals surface area contributed by atoms with E-state index >= 15 is 0 Å². The molecule has 0 fully saturated rings. The summed E-state index contributed by atoms with van der Waals surface area (Å²) in [5, 5.41) is 8.19. The van der Waals surface area contributed by atoms with Crippen LogP contribution >= 0.6 is 0 Å². The van der Waals surface area contributed by atoms with Crippen molar-refractivity contribution in [2.75, 3.05) is 13.1 Å². The number of rotatable bonds is 8. The maximum Gasteiger partial charge on any atom is 0.0630 e. The van der Waals surface area contributed by atoms with Gasteiger partial charge in [-0.1, -0.05) is 27.7 Å². The number of nitrogens with one attached hydrogen (secondary N) is 1. The summed E-state index contributed by atoms with van der Waals surface area (Å²) >= 11 is 0. The Bertz CT molecular complexity index is 341. The first-order valence-corrected chi connectivity index (χ1v) is 7.23. The summed E-state index contributed by atoms with van der Waals surface area (Å²) in [5.41, 5.74) is 1.47. The molecule has 3 nitrogen and oxygen atoms in total. The largest absolute Gasteiger partial charge is 0.316 e. The zero-order valence-electron chi connectivity index (χ0n) is 12.7. The molecule has 0 spiro atoms. The van der Waals surface area contributed by atoms with Gasteiger partial charge in [-0.2, -0.15) is 5.10 Å². The van der Waals surface area contributed by atoms with Gasteiger partial charge in [0.25, 0.3) is 0 Å². The first-order valence-electron chi connectivity index (χ1n) is 7.23. The standard InChI is InChI=1S/C15H29N3/c1-6-9-16-12-15(4,5)11-14-8-10-18(17-14)13(3)7-2/h8,10,13,16H,6-7,9,11-12H2,1-5H3. The third-order valence-corrected chi connectivity index (χ3v) is 3.40. The molecular weight excluding hydrogens is 222 g/mol. The van der Waals surface area contributed by atoms with Crippen molar-refractivity contribution in [1.82, 2.24) is 15.1 Å². The van der Waals surface area contributed by atoms with E-state index < -0.39 is 0 Å². The first kappa shape index (κ1) is 15.2. The second kappa shape index (κ2) is 6.93. The van der Waals surface area contributed by atoms with Gasteiger partial charge in [0, 0.05) is 18.8 Å². The minimum absolute atomic E-state index is 0.268. The third-order valence-electron chi connectivity index (χ3n) is 3.40. The van der Waals surface area contributed by atoms with Gasteiger partial charge in [-0.15, -0.1) is 0 Å². The molecule has 1 N–H and O–H groups in total. The van der Waals surface area contributed by atoms with Crippen LogP contribution in [0.1, 0.15) is 59.2 Å². The Morgan fingerprint density at radius 2 is 2.11 bits per heavy atom. The molecule has 0 aliphatic heterocycles. The Hall–Kier alpha value is -0.830. The van der Waals surface area contributed by atoms with Gasteiger partial charge in [0.1, 0.15) is 0 Å². The van der Waals surface area contributed by atoms with Gasteiger partial charge in [-0.3, -0.25) is 4.68 Å². The third kappa shape index (κ3) is 4.81. The smallest absolute Gasteiger partial charge is 0.0630 e. The first-order chi connectivity index (χ1) is 8.48. The quantitative estimate of drug-likeness (QED) is 0.717. The van der Waals surface area contributed by atoms with Gasteiger partial charge in [0.05, 0.1) is 5.69 Å². The van der Waals surface area contributed by atoms with Crippen molar-refractivity contribution in [3.63, 3.8) is 0 Å². The highest BCUT2D eigenvalue weighted by Gasteiger charge is 2.19. The van der Waals surface area contributed by atoms with Crippen molar-refractivity contribution in [2.24, 2.45) is 5.41 Å². The zero-order chi connectivity index (χ0) is 13.6. The topological polar surface area (TPSA) is 29.9 Å². The normalized spacial score (nSPS) is 13.8. The van der Waals surface area contributed by atoms with Crippen molar-refractivity contribution in [1.29, 1.82) is 0 Å². The highest BCUT2D eigenvalue weighted by atomic mass is 15.3. The minimum Gasteiger partial charge on any atom is -0.316 e. The lowest BCUT2D eigenvalue weighted by molar-refractivity contribution is 0.333. The van der Waals surface area contributed by atoms with Crippen molar-refractivity contribution >= 4 is 0 Å². The summed E-state index contributed by atoms with van der Waals surface area (Å²) < 4.78 is 2.09. The summed E-state index contributed by atoms with van der Waals surface area (Å²) in [6.45, 7) is 13.4. The molecule has 0 saturated heterocycles. The lowest BCUT2D eigenvalue weighted by atomic mass is 9.88. The predicted molar refractivity (Wildman–Crippen MR) is 77.9 cm³/mol. The van der Waals surface area contributed by atoms with Crippen molar-refractivity contribution in [3.8, 4) is 0 Å². The second-order valence-electron chi connectivity index (χ2n) is 6.06. The van der Waals surface area contributed by atoms with Crippen LogP contribution in [-0.2, 0) is 6.42 Å². The van der Waals surface area contributed by atoms with Gasteiger partial charge in [-0.05, 0) is 44.2 Å². The predicted octanol–water partition coefficient (Wildman–Crippen LogP) is 3.42. The molecule has 1 aromatic rings. The van der Waals surface area contributed by atoms with Gasteiger partial charge in [-0.25, -0.2) is 0 Å². The van der Waals surface area contributed by atoms with E-state index in [2.05, 4.69) is 62.0 Å². The maximum absolute atomic E-state index is 4.68. The van der Waals surface area contributed by atoms with Crippen LogP contribution < -0.4 is 5.32 Å². The molecule has 0 aliphatic carbocycles. The average molecular weight is 251 g/mol. The van der Waals surface area contributed by atoms with Crippen molar-refractivity contribution in [2.45, 2.75) is 59.9 Å². The minimum atomic E-state index is 0.268. The molecule has 0 amide bonds. The van der Waals surface area contributed by atoms with Gasteiger partial charge in [0.15, 0.2) is 0 Å². The second-order valence-corrected chi connectivity index (χ2v) is 6.06. The highest BCUT2D eigenvalue weighted by Crippen LogP contribution is 2.20. The lowest BCUT2D eigenvalue weighted by Gasteiger charge is -2.24. The molecule has 0 bridgehead atoms. The van der Waals surface area contributed by atoms with Crippen molar-refractivity contribution < 1.29 is 0 Å². The van der Waals surface area contributed by atoms with E-state index in [0.717, 1.165) is 25.9 Å². The van der Waals surface area contributed by atoms with Crippen LogP contribution in [0.4, 0.5) is 0 Å². The van der Waals surface area contributed by atoms with Crippen LogP contribution in [-0.4, -0.2) is 22.9 Å². The van der Waals surface area contributed by atoms with E-state index in [1.54, 1.807) is 0 Å². The lowest BCUT2D eigenvalue weighted by Crippen LogP contribution is -2.31. The van der Waals surface area contributed by atoms with E-state index in [1.165, 1.54) is 12.1 Å². The Morgan fingerprint density at radius 3 is 2.72 bits per heavy atom. The average Bonchev–Trinajstić information content (AvgIpc) is 2.75. The summed E-state index contributed by atoms with van der Waals surface area (Å²) in [5.74, 6) is 0. The molecule has 0 aliphatic rings. The molecule has 3 heteroatoms. The molecule has 1 atom stereocenters. The molecule has 1 unspecified atom stereocenters. The van der Waals surface area contributed by atoms with Crippen LogP contribution in [0.2, 0.25) is 0 Å². The molecule has 1 aromatic heterocycles. The molecule has 1 rings (SSSR count). The Kier molecular flexibility index (Phi) is 5.86. The van der Waals surface area contributed by atoms with E-state index in [9.17, 15) is 0 Å². The van der Waals surface area contributed by atoms with Crippen LogP contribution in [0.25, 0.3) is 0 Å².